The molecule has 0 bridgehead atoms. The normalized spacial score (nSPS) is 10.1. The van der Waals surface area contributed by atoms with Crippen molar-refractivity contribution in [2.45, 2.75) is 0 Å². The van der Waals surface area contributed by atoms with Crippen LogP contribution in [0.3, 0.4) is 0 Å². The molecule has 0 aliphatic rings. The highest BCUT2D eigenvalue weighted by atomic mass is 35.5. The van der Waals surface area contributed by atoms with Crippen molar-refractivity contribution in [3.8, 4) is 22.6 Å². The largest absolute Gasteiger partial charge is 0.497 e. The van der Waals surface area contributed by atoms with Gasteiger partial charge in [0.25, 0.3) is 5.24 Å². The third kappa shape index (κ3) is 2.88. The monoisotopic (exact) mass is 276 g/mol. The summed E-state index contributed by atoms with van der Waals surface area (Å²) in [5.41, 5.74) is 2.13. The molecule has 0 N–H and O–H groups in total. The average molecular weight is 277 g/mol. The smallest absolute Gasteiger partial charge is 0.252 e. The zero-order chi connectivity index (χ0) is 13.8. The number of carbonyl (C=O) groups excluding carboxylic acids is 1. The van der Waals surface area contributed by atoms with Gasteiger partial charge in [0.2, 0.25) is 0 Å². The van der Waals surface area contributed by atoms with Gasteiger partial charge in [-0.2, -0.15) is 0 Å². The van der Waals surface area contributed by atoms with E-state index >= 15 is 0 Å². The zero-order valence-electron chi connectivity index (χ0n) is 10.6. The Balaban J connectivity index is 2.57. The van der Waals surface area contributed by atoms with E-state index in [0.29, 0.717) is 11.3 Å². The van der Waals surface area contributed by atoms with Gasteiger partial charge >= 0.3 is 0 Å². The first-order valence-corrected chi connectivity index (χ1v) is 6.06. The van der Waals surface area contributed by atoms with E-state index in [4.69, 9.17) is 21.1 Å². The number of hydrogen-bond donors (Lipinski definition) is 0. The summed E-state index contributed by atoms with van der Waals surface area (Å²) >= 11 is 5.51. The summed E-state index contributed by atoms with van der Waals surface area (Å²) in [6.45, 7) is 0. The second kappa shape index (κ2) is 5.76. The van der Waals surface area contributed by atoms with Gasteiger partial charge in [0, 0.05) is 11.1 Å². The van der Waals surface area contributed by atoms with Crippen LogP contribution < -0.4 is 9.47 Å². The number of methoxy groups -OCH3 is 2. The van der Waals surface area contributed by atoms with Crippen molar-refractivity contribution in [3.63, 3.8) is 0 Å². The number of carbonyl (C=O) groups is 1. The highest BCUT2D eigenvalue weighted by Gasteiger charge is 2.10. The molecule has 2 aromatic rings. The topological polar surface area (TPSA) is 35.5 Å². The molecule has 0 unspecified atom stereocenters. The molecule has 4 heteroatoms. The quantitative estimate of drug-likeness (QED) is 0.798. The van der Waals surface area contributed by atoms with Crippen molar-refractivity contribution >= 4 is 16.8 Å². The van der Waals surface area contributed by atoms with Crippen molar-refractivity contribution in [3.05, 3.63) is 48.0 Å². The Morgan fingerprint density at radius 3 is 2.47 bits per heavy atom. The highest BCUT2D eigenvalue weighted by Crippen LogP contribution is 2.33. The molecule has 0 amide bonds. The lowest BCUT2D eigenvalue weighted by molar-refractivity contribution is 0.108. The predicted octanol–water partition coefficient (Wildman–Crippen LogP) is 3.75. The first-order chi connectivity index (χ1) is 9.15. The third-order valence-electron chi connectivity index (χ3n) is 2.81. The van der Waals surface area contributed by atoms with Crippen molar-refractivity contribution in [2.24, 2.45) is 0 Å². The third-order valence-corrected chi connectivity index (χ3v) is 3.03. The van der Waals surface area contributed by atoms with Crippen LogP contribution in [-0.2, 0) is 0 Å². The standard InChI is InChI=1S/C15H13ClO3/c1-18-12-5-3-4-10(8-12)13-9-11(15(16)17)6-7-14(13)19-2/h3-9H,1-2H3. The van der Waals surface area contributed by atoms with E-state index in [9.17, 15) is 4.79 Å². The second-order valence-corrected chi connectivity index (χ2v) is 4.26. The lowest BCUT2D eigenvalue weighted by Crippen LogP contribution is -1.94. The molecule has 0 aliphatic heterocycles. The van der Waals surface area contributed by atoms with Crippen LogP contribution in [0.1, 0.15) is 10.4 Å². The Bertz CT molecular complexity index is 608. The maximum absolute atomic E-state index is 11.3. The minimum Gasteiger partial charge on any atom is -0.497 e. The summed E-state index contributed by atoms with van der Waals surface area (Å²) in [5.74, 6) is 1.41. The van der Waals surface area contributed by atoms with E-state index in [0.717, 1.165) is 16.9 Å². The minimum absolute atomic E-state index is 0.431. The summed E-state index contributed by atoms with van der Waals surface area (Å²) in [4.78, 5) is 11.3. The SMILES string of the molecule is COc1cccc(-c2cc(C(=O)Cl)ccc2OC)c1. The Labute approximate surface area is 116 Å². The fourth-order valence-corrected chi connectivity index (χ4v) is 1.96. The van der Waals surface area contributed by atoms with Crippen LogP contribution in [0.5, 0.6) is 11.5 Å². The number of rotatable bonds is 4. The van der Waals surface area contributed by atoms with Crippen LogP contribution >= 0.6 is 11.6 Å². The van der Waals surface area contributed by atoms with Crippen molar-refractivity contribution in [1.82, 2.24) is 0 Å². The summed E-state index contributed by atoms with van der Waals surface area (Å²) < 4.78 is 10.5. The lowest BCUT2D eigenvalue weighted by atomic mass is 10.0. The lowest BCUT2D eigenvalue weighted by Gasteiger charge is -2.10. The average Bonchev–Trinajstić information content (AvgIpc) is 2.46. The molecule has 2 aromatic carbocycles. The van der Waals surface area contributed by atoms with E-state index in [2.05, 4.69) is 0 Å². The van der Waals surface area contributed by atoms with Gasteiger partial charge in [-0.3, -0.25) is 4.79 Å². The molecule has 0 saturated heterocycles. The molecule has 0 aromatic heterocycles. The van der Waals surface area contributed by atoms with Crippen LogP contribution in [0.2, 0.25) is 0 Å². The van der Waals surface area contributed by atoms with Gasteiger partial charge in [-0.15, -0.1) is 0 Å². The molecule has 98 valence electrons. The molecule has 0 aliphatic carbocycles. The summed E-state index contributed by atoms with van der Waals surface area (Å²) in [6, 6.07) is 12.6. The first-order valence-electron chi connectivity index (χ1n) is 5.68. The Morgan fingerprint density at radius 2 is 1.84 bits per heavy atom. The summed E-state index contributed by atoms with van der Waals surface area (Å²) in [7, 11) is 3.19. The van der Waals surface area contributed by atoms with Gasteiger partial charge in [0.1, 0.15) is 11.5 Å². The van der Waals surface area contributed by atoms with E-state index in [1.807, 2.05) is 24.3 Å². The van der Waals surface area contributed by atoms with Gasteiger partial charge in [-0.25, -0.2) is 0 Å². The van der Waals surface area contributed by atoms with Crippen molar-refractivity contribution in [1.29, 1.82) is 0 Å². The number of benzene rings is 2. The molecule has 19 heavy (non-hydrogen) atoms. The van der Waals surface area contributed by atoms with E-state index in [-0.39, 0.29) is 0 Å². The van der Waals surface area contributed by atoms with Gasteiger partial charge in [-0.05, 0) is 47.5 Å². The van der Waals surface area contributed by atoms with Gasteiger partial charge in [0.05, 0.1) is 14.2 Å². The Morgan fingerprint density at radius 1 is 1.05 bits per heavy atom. The molecule has 0 atom stereocenters. The van der Waals surface area contributed by atoms with Crippen LogP contribution in [0, 0.1) is 0 Å². The first kappa shape index (κ1) is 13.4. The van der Waals surface area contributed by atoms with Gasteiger partial charge in [0.15, 0.2) is 0 Å². The van der Waals surface area contributed by atoms with E-state index < -0.39 is 5.24 Å². The minimum atomic E-state index is -0.494. The second-order valence-electron chi connectivity index (χ2n) is 3.92. The Kier molecular flexibility index (Phi) is 4.07. The van der Waals surface area contributed by atoms with Crippen molar-refractivity contribution < 1.29 is 14.3 Å². The predicted molar refractivity (Wildman–Crippen MR) is 75.2 cm³/mol. The molecular weight excluding hydrogens is 264 g/mol. The fraction of sp³-hybridized carbons (Fsp3) is 0.133. The highest BCUT2D eigenvalue weighted by molar-refractivity contribution is 6.67. The molecule has 3 nitrogen and oxygen atoms in total. The molecule has 2 rings (SSSR count). The van der Waals surface area contributed by atoms with Crippen LogP contribution in [-0.4, -0.2) is 19.5 Å². The number of hydrogen-bond acceptors (Lipinski definition) is 3. The molecule has 0 radical (unpaired) electrons. The number of halogens is 1. The summed E-state index contributed by atoms with van der Waals surface area (Å²) in [6.07, 6.45) is 0. The fourth-order valence-electron chi connectivity index (χ4n) is 1.85. The van der Waals surface area contributed by atoms with Crippen LogP contribution in [0.4, 0.5) is 0 Å². The Hall–Kier alpha value is -2.00. The molecule has 0 spiro atoms. The molecule has 0 heterocycles. The van der Waals surface area contributed by atoms with Gasteiger partial charge < -0.3 is 9.47 Å². The molecular formula is C15H13ClO3. The van der Waals surface area contributed by atoms with Crippen molar-refractivity contribution in [2.75, 3.05) is 14.2 Å². The van der Waals surface area contributed by atoms with E-state index in [1.165, 1.54) is 0 Å². The maximum Gasteiger partial charge on any atom is 0.252 e. The number of ether oxygens (including phenoxy) is 2. The summed E-state index contributed by atoms with van der Waals surface area (Å²) in [5, 5.41) is -0.494. The molecule has 0 saturated carbocycles. The maximum atomic E-state index is 11.3. The van der Waals surface area contributed by atoms with Crippen LogP contribution in [0.15, 0.2) is 42.5 Å². The van der Waals surface area contributed by atoms with Gasteiger partial charge in [-0.1, -0.05) is 12.1 Å². The molecule has 0 fully saturated rings. The zero-order valence-corrected chi connectivity index (χ0v) is 11.4. The van der Waals surface area contributed by atoms with Crippen LogP contribution in [0.25, 0.3) is 11.1 Å². The van der Waals surface area contributed by atoms with E-state index in [1.54, 1.807) is 32.4 Å².